The molecular formula is C17H29N3. The molecular weight excluding hydrogens is 246 g/mol. The van der Waals surface area contributed by atoms with E-state index in [-0.39, 0.29) is 5.54 Å². The zero-order valence-electron chi connectivity index (χ0n) is 13.4. The Bertz CT molecular complexity index is 416. The fourth-order valence-electron chi connectivity index (χ4n) is 3.08. The Hall–Kier alpha value is -1.22. The molecule has 0 aromatic heterocycles. The van der Waals surface area contributed by atoms with Crippen LogP contribution in [0.3, 0.4) is 0 Å². The topological polar surface area (TPSA) is 32.5 Å². The number of anilines is 2. The first-order chi connectivity index (χ1) is 9.40. The molecule has 1 aliphatic heterocycles. The maximum atomic E-state index is 5.78. The van der Waals surface area contributed by atoms with Crippen LogP contribution < -0.4 is 10.6 Å². The molecule has 0 aliphatic carbocycles. The summed E-state index contributed by atoms with van der Waals surface area (Å²) in [6.45, 7) is 10.6. The standard InChI is InChI=1S/C17H29N3/c1-14(2)13-20-11-9-17(3,10-12-20)19(4)16-7-5-15(18)6-8-16/h5-8,14H,9-13,18H2,1-4H3. The minimum absolute atomic E-state index is 0.254. The number of likely N-dealkylation sites (tertiary alicyclic amines) is 1. The molecule has 2 rings (SSSR count). The summed E-state index contributed by atoms with van der Waals surface area (Å²) in [6, 6.07) is 8.23. The minimum atomic E-state index is 0.254. The second kappa shape index (κ2) is 6.04. The van der Waals surface area contributed by atoms with E-state index in [0.717, 1.165) is 11.6 Å². The highest BCUT2D eigenvalue weighted by molar-refractivity contribution is 5.54. The first-order valence-corrected chi connectivity index (χ1v) is 7.72. The van der Waals surface area contributed by atoms with E-state index in [1.165, 1.54) is 38.2 Å². The third kappa shape index (κ3) is 3.45. The van der Waals surface area contributed by atoms with Gasteiger partial charge in [-0.2, -0.15) is 0 Å². The lowest BCUT2D eigenvalue weighted by Gasteiger charge is -2.46. The largest absolute Gasteiger partial charge is 0.399 e. The van der Waals surface area contributed by atoms with Gasteiger partial charge in [0.2, 0.25) is 0 Å². The Morgan fingerprint density at radius 2 is 1.75 bits per heavy atom. The van der Waals surface area contributed by atoms with Crippen molar-refractivity contribution in [1.82, 2.24) is 4.90 Å². The van der Waals surface area contributed by atoms with E-state index in [0.29, 0.717) is 0 Å². The first-order valence-electron chi connectivity index (χ1n) is 7.72. The fraction of sp³-hybridized carbons (Fsp3) is 0.647. The van der Waals surface area contributed by atoms with Crippen LogP contribution in [0.5, 0.6) is 0 Å². The quantitative estimate of drug-likeness (QED) is 0.856. The third-order valence-electron chi connectivity index (χ3n) is 4.65. The highest BCUT2D eigenvalue weighted by Gasteiger charge is 2.33. The lowest BCUT2D eigenvalue weighted by molar-refractivity contribution is 0.154. The van der Waals surface area contributed by atoms with Crippen molar-refractivity contribution < 1.29 is 0 Å². The van der Waals surface area contributed by atoms with Crippen molar-refractivity contribution in [3.63, 3.8) is 0 Å². The molecule has 1 aliphatic rings. The average Bonchev–Trinajstić information content (AvgIpc) is 2.41. The normalized spacial score (nSPS) is 19.2. The predicted molar refractivity (Wildman–Crippen MR) is 88.2 cm³/mol. The van der Waals surface area contributed by atoms with Crippen LogP contribution in [-0.2, 0) is 0 Å². The highest BCUT2D eigenvalue weighted by Crippen LogP contribution is 2.32. The molecule has 20 heavy (non-hydrogen) atoms. The van der Waals surface area contributed by atoms with Gasteiger partial charge in [-0.1, -0.05) is 13.8 Å². The Morgan fingerprint density at radius 3 is 2.25 bits per heavy atom. The van der Waals surface area contributed by atoms with Crippen LogP contribution in [0.4, 0.5) is 11.4 Å². The molecule has 0 amide bonds. The number of piperidine rings is 1. The van der Waals surface area contributed by atoms with Crippen LogP contribution >= 0.6 is 0 Å². The van der Waals surface area contributed by atoms with E-state index < -0.39 is 0 Å². The number of nitrogens with two attached hydrogens (primary N) is 1. The first kappa shape index (κ1) is 15.2. The molecule has 2 N–H and O–H groups in total. The number of hydrogen-bond acceptors (Lipinski definition) is 3. The van der Waals surface area contributed by atoms with Crippen LogP contribution in [0.15, 0.2) is 24.3 Å². The monoisotopic (exact) mass is 275 g/mol. The van der Waals surface area contributed by atoms with Gasteiger partial charge in [0.05, 0.1) is 0 Å². The van der Waals surface area contributed by atoms with E-state index in [4.69, 9.17) is 5.73 Å². The summed E-state index contributed by atoms with van der Waals surface area (Å²) in [5, 5.41) is 0. The lowest BCUT2D eigenvalue weighted by atomic mass is 9.87. The van der Waals surface area contributed by atoms with Gasteiger partial charge in [0.25, 0.3) is 0 Å². The lowest BCUT2D eigenvalue weighted by Crippen LogP contribution is -2.52. The Labute approximate surface area is 123 Å². The van der Waals surface area contributed by atoms with Crippen LogP contribution in [-0.4, -0.2) is 37.1 Å². The summed E-state index contributed by atoms with van der Waals surface area (Å²) in [6.07, 6.45) is 2.45. The maximum absolute atomic E-state index is 5.78. The smallest absolute Gasteiger partial charge is 0.0395 e. The molecule has 0 atom stereocenters. The van der Waals surface area contributed by atoms with Gasteiger partial charge < -0.3 is 15.5 Å². The van der Waals surface area contributed by atoms with Gasteiger partial charge in [-0.15, -0.1) is 0 Å². The van der Waals surface area contributed by atoms with Crippen molar-refractivity contribution in [2.75, 3.05) is 37.3 Å². The second-order valence-corrected chi connectivity index (χ2v) is 6.84. The molecule has 112 valence electrons. The van der Waals surface area contributed by atoms with Crippen molar-refractivity contribution in [2.45, 2.75) is 39.2 Å². The van der Waals surface area contributed by atoms with Crippen molar-refractivity contribution in [3.05, 3.63) is 24.3 Å². The summed E-state index contributed by atoms with van der Waals surface area (Å²) < 4.78 is 0. The summed E-state index contributed by atoms with van der Waals surface area (Å²) in [7, 11) is 2.21. The van der Waals surface area contributed by atoms with E-state index in [9.17, 15) is 0 Å². The van der Waals surface area contributed by atoms with Gasteiger partial charge in [0.15, 0.2) is 0 Å². The summed E-state index contributed by atoms with van der Waals surface area (Å²) in [5.41, 5.74) is 8.13. The number of nitrogen functional groups attached to an aromatic ring is 1. The van der Waals surface area contributed by atoms with Crippen LogP contribution in [0.25, 0.3) is 0 Å². The zero-order valence-corrected chi connectivity index (χ0v) is 13.4. The number of benzene rings is 1. The second-order valence-electron chi connectivity index (χ2n) is 6.84. The molecule has 0 radical (unpaired) electrons. The van der Waals surface area contributed by atoms with Crippen molar-refractivity contribution in [1.29, 1.82) is 0 Å². The predicted octanol–water partition coefficient (Wildman–Crippen LogP) is 3.22. The average molecular weight is 275 g/mol. The van der Waals surface area contributed by atoms with Crippen LogP contribution in [0.1, 0.15) is 33.6 Å². The summed E-state index contributed by atoms with van der Waals surface area (Å²) in [4.78, 5) is 5.03. The van der Waals surface area contributed by atoms with E-state index in [1.54, 1.807) is 0 Å². The Balaban J connectivity index is 2.00. The molecule has 0 unspecified atom stereocenters. The molecule has 0 saturated carbocycles. The summed E-state index contributed by atoms with van der Waals surface area (Å²) in [5.74, 6) is 0.759. The summed E-state index contributed by atoms with van der Waals surface area (Å²) >= 11 is 0. The van der Waals surface area contributed by atoms with Crippen LogP contribution in [0.2, 0.25) is 0 Å². The van der Waals surface area contributed by atoms with Crippen LogP contribution in [0, 0.1) is 5.92 Å². The molecule has 1 fully saturated rings. The Morgan fingerprint density at radius 1 is 1.20 bits per heavy atom. The van der Waals surface area contributed by atoms with Gasteiger partial charge in [0, 0.05) is 43.6 Å². The number of nitrogens with zero attached hydrogens (tertiary/aromatic N) is 2. The molecule has 3 heteroatoms. The number of rotatable bonds is 4. The van der Waals surface area contributed by atoms with Gasteiger partial charge in [0.1, 0.15) is 0 Å². The van der Waals surface area contributed by atoms with Gasteiger partial charge in [-0.3, -0.25) is 0 Å². The fourth-order valence-corrected chi connectivity index (χ4v) is 3.08. The molecule has 1 aromatic rings. The van der Waals surface area contributed by atoms with Gasteiger partial charge in [-0.25, -0.2) is 0 Å². The SMILES string of the molecule is CC(C)CN1CCC(C)(N(C)c2ccc(N)cc2)CC1. The molecule has 3 nitrogen and oxygen atoms in total. The van der Waals surface area contributed by atoms with Crippen molar-refractivity contribution in [3.8, 4) is 0 Å². The zero-order chi connectivity index (χ0) is 14.8. The molecule has 0 bridgehead atoms. The van der Waals surface area contributed by atoms with Crippen molar-refractivity contribution >= 4 is 11.4 Å². The van der Waals surface area contributed by atoms with E-state index in [1.807, 2.05) is 12.1 Å². The van der Waals surface area contributed by atoms with E-state index in [2.05, 4.69) is 49.8 Å². The third-order valence-corrected chi connectivity index (χ3v) is 4.65. The number of hydrogen-bond donors (Lipinski definition) is 1. The maximum Gasteiger partial charge on any atom is 0.0395 e. The molecule has 1 saturated heterocycles. The van der Waals surface area contributed by atoms with Gasteiger partial charge >= 0.3 is 0 Å². The highest BCUT2D eigenvalue weighted by atomic mass is 15.2. The Kier molecular flexibility index (Phi) is 4.59. The molecule has 0 spiro atoms. The molecule has 1 heterocycles. The van der Waals surface area contributed by atoms with Crippen molar-refractivity contribution in [2.24, 2.45) is 5.92 Å². The van der Waals surface area contributed by atoms with E-state index >= 15 is 0 Å². The van der Waals surface area contributed by atoms with Gasteiger partial charge in [-0.05, 0) is 49.9 Å². The molecule has 1 aromatic carbocycles. The minimum Gasteiger partial charge on any atom is -0.399 e.